The van der Waals surface area contributed by atoms with E-state index in [2.05, 4.69) is 11.3 Å². The summed E-state index contributed by atoms with van der Waals surface area (Å²) in [4.78, 5) is 0. The minimum absolute atomic E-state index is 0.659. The van der Waals surface area contributed by atoms with Gasteiger partial charge in [-0.05, 0) is 13.0 Å². The molecule has 43 valence electrons. The number of furan rings is 1. The molecule has 2 nitrogen and oxygen atoms in total. The fraction of sp³-hybridized carbons (Fsp3) is 0.167. The predicted molar refractivity (Wildman–Crippen MR) is 29.0 cm³/mol. The smallest absolute Gasteiger partial charge is 0.0960 e. The van der Waals surface area contributed by atoms with Crippen LogP contribution < -0.4 is 0 Å². The Hall–Kier alpha value is -0.760. The molecule has 1 radical (unpaired) electrons. The van der Waals surface area contributed by atoms with Crippen molar-refractivity contribution in [2.75, 3.05) is 0 Å². The van der Waals surface area contributed by atoms with Gasteiger partial charge in [0.05, 0.1) is 18.6 Å². The monoisotopic (exact) mass is 111 g/mol. The van der Waals surface area contributed by atoms with Crippen LogP contribution >= 0.6 is 0 Å². The van der Waals surface area contributed by atoms with E-state index in [0.29, 0.717) is 5.56 Å². The quantitative estimate of drug-likeness (QED) is 0.589. The van der Waals surface area contributed by atoms with Gasteiger partial charge in [-0.25, -0.2) is 0 Å². The van der Waals surface area contributed by atoms with Crippen LogP contribution in [0.3, 0.4) is 0 Å². The van der Waals surface area contributed by atoms with Crippen LogP contribution in [0.15, 0.2) is 23.0 Å². The van der Waals surface area contributed by atoms with Crippen LogP contribution in [0.1, 0.15) is 11.7 Å². The van der Waals surface area contributed by atoms with E-state index in [0.717, 1.165) is 0 Å². The van der Waals surface area contributed by atoms with Crippen molar-refractivity contribution >= 4 is 0 Å². The molecule has 2 heteroatoms. The van der Waals surface area contributed by atoms with Crippen LogP contribution in [0, 0.1) is 6.92 Å². The van der Waals surface area contributed by atoms with Gasteiger partial charge in [-0.2, -0.15) is 0 Å². The average Bonchev–Trinajstić information content (AvgIpc) is 2.12. The Balaban J connectivity index is 2.77. The lowest BCUT2D eigenvalue weighted by molar-refractivity contribution is 0.225. The number of hydrogen-bond donors (Lipinski definition) is 1. The Morgan fingerprint density at radius 3 is 2.75 bits per heavy atom. The molecule has 1 unspecified atom stereocenters. The summed E-state index contributed by atoms with van der Waals surface area (Å²) in [5.41, 5.74) is 0.713. The fourth-order valence-electron chi connectivity index (χ4n) is 0.465. The van der Waals surface area contributed by atoms with Crippen molar-refractivity contribution in [1.82, 2.24) is 0 Å². The molecule has 0 fully saturated rings. The lowest BCUT2D eigenvalue weighted by Gasteiger charge is -1.94. The van der Waals surface area contributed by atoms with Gasteiger partial charge in [0, 0.05) is 5.56 Å². The third kappa shape index (κ3) is 0.898. The summed E-state index contributed by atoms with van der Waals surface area (Å²) in [6, 6.07) is 1.68. The maximum absolute atomic E-state index is 8.74. The zero-order valence-corrected chi connectivity index (χ0v) is 4.37. The maximum atomic E-state index is 8.74. The second-order valence-corrected chi connectivity index (χ2v) is 1.57. The maximum Gasteiger partial charge on any atom is 0.0960 e. The Morgan fingerprint density at radius 1 is 1.75 bits per heavy atom. The van der Waals surface area contributed by atoms with Gasteiger partial charge < -0.3 is 9.52 Å². The lowest BCUT2D eigenvalue weighted by atomic mass is 10.2. The summed E-state index contributed by atoms with van der Waals surface area (Å²) >= 11 is 0. The molecule has 0 saturated carbocycles. The highest BCUT2D eigenvalue weighted by Crippen LogP contribution is 2.09. The molecule has 1 atom stereocenters. The summed E-state index contributed by atoms with van der Waals surface area (Å²) in [6.45, 7) is 3.38. The minimum Gasteiger partial charge on any atom is -0.472 e. The van der Waals surface area contributed by atoms with Crippen LogP contribution in [0.4, 0.5) is 0 Å². The highest BCUT2D eigenvalue weighted by Gasteiger charge is 1.98. The predicted octanol–water partition coefficient (Wildman–Crippen LogP) is 1.15. The number of hydrogen-bond acceptors (Lipinski definition) is 2. The molecule has 0 bridgehead atoms. The van der Waals surface area contributed by atoms with E-state index in [4.69, 9.17) is 5.11 Å². The molecule has 0 aliphatic rings. The van der Waals surface area contributed by atoms with Gasteiger partial charge in [0.15, 0.2) is 0 Å². The normalized spacial score (nSPS) is 13.8. The third-order valence-electron chi connectivity index (χ3n) is 0.928. The first-order valence-electron chi connectivity index (χ1n) is 2.34. The molecule has 0 aliphatic heterocycles. The van der Waals surface area contributed by atoms with Gasteiger partial charge in [-0.1, -0.05) is 0 Å². The van der Waals surface area contributed by atoms with Crippen molar-refractivity contribution in [3.63, 3.8) is 0 Å². The van der Waals surface area contributed by atoms with E-state index >= 15 is 0 Å². The summed E-state index contributed by atoms with van der Waals surface area (Å²) in [6.07, 6.45) is 2.32. The number of aliphatic hydroxyl groups is 1. The zero-order chi connectivity index (χ0) is 5.98. The van der Waals surface area contributed by atoms with E-state index in [9.17, 15) is 0 Å². The fourth-order valence-corrected chi connectivity index (χ4v) is 0.465. The van der Waals surface area contributed by atoms with E-state index in [-0.39, 0.29) is 0 Å². The van der Waals surface area contributed by atoms with Crippen LogP contribution in [0.5, 0.6) is 0 Å². The minimum atomic E-state index is -0.659. The molecular weight excluding hydrogens is 104 g/mol. The lowest BCUT2D eigenvalue weighted by Crippen LogP contribution is -1.85. The molecule has 1 heterocycles. The molecule has 1 aromatic rings. The molecule has 8 heavy (non-hydrogen) atoms. The number of rotatable bonds is 1. The Kier molecular flexibility index (Phi) is 1.35. The first kappa shape index (κ1) is 5.38. The molecule has 0 spiro atoms. The van der Waals surface area contributed by atoms with Gasteiger partial charge in [-0.3, -0.25) is 0 Å². The van der Waals surface area contributed by atoms with E-state index in [1.807, 2.05) is 0 Å². The van der Waals surface area contributed by atoms with Crippen molar-refractivity contribution in [3.05, 3.63) is 31.1 Å². The standard InChI is InChI=1S/C6H7O2/c1-5(7)6-2-3-8-4-6/h2-5,7H,1H2. The summed E-state index contributed by atoms with van der Waals surface area (Å²) in [7, 11) is 0. The summed E-state index contributed by atoms with van der Waals surface area (Å²) in [5, 5.41) is 8.74. The first-order valence-corrected chi connectivity index (χ1v) is 2.34. The SMILES string of the molecule is [CH2]C(O)c1ccoc1. The van der Waals surface area contributed by atoms with Crippen LogP contribution in [-0.2, 0) is 0 Å². The molecular formula is C6H7O2. The Morgan fingerprint density at radius 2 is 2.50 bits per heavy atom. The van der Waals surface area contributed by atoms with Gasteiger partial charge >= 0.3 is 0 Å². The second kappa shape index (κ2) is 2.01. The van der Waals surface area contributed by atoms with E-state index in [1.54, 1.807) is 6.07 Å². The zero-order valence-electron chi connectivity index (χ0n) is 4.37. The largest absolute Gasteiger partial charge is 0.472 e. The second-order valence-electron chi connectivity index (χ2n) is 1.57. The molecule has 1 rings (SSSR count). The average molecular weight is 111 g/mol. The molecule has 0 amide bonds. The van der Waals surface area contributed by atoms with Gasteiger partial charge in [0.25, 0.3) is 0 Å². The number of aliphatic hydroxyl groups excluding tert-OH is 1. The molecule has 0 aromatic carbocycles. The summed E-state index contributed by atoms with van der Waals surface area (Å²) < 4.78 is 4.68. The van der Waals surface area contributed by atoms with Crippen LogP contribution in [0.25, 0.3) is 0 Å². The van der Waals surface area contributed by atoms with E-state index in [1.165, 1.54) is 12.5 Å². The van der Waals surface area contributed by atoms with Gasteiger partial charge in [0.1, 0.15) is 0 Å². The van der Waals surface area contributed by atoms with Crippen LogP contribution in [0.2, 0.25) is 0 Å². The first-order chi connectivity index (χ1) is 3.80. The highest BCUT2D eigenvalue weighted by atomic mass is 16.3. The molecule has 1 N–H and O–H groups in total. The Bertz CT molecular complexity index is 142. The van der Waals surface area contributed by atoms with Gasteiger partial charge in [0.2, 0.25) is 0 Å². The van der Waals surface area contributed by atoms with E-state index < -0.39 is 6.10 Å². The topological polar surface area (TPSA) is 33.4 Å². The van der Waals surface area contributed by atoms with Crippen molar-refractivity contribution in [2.45, 2.75) is 6.10 Å². The van der Waals surface area contributed by atoms with Crippen molar-refractivity contribution in [1.29, 1.82) is 0 Å². The van der Waals surface area contributed by atoms with Gasteiger partial charge in [-0.15, -0.1) is 0 Å². The molecule has 1 aromatic heterocycles. The highest BCUT2D eigenvalue weighted by molar-refractivity contribution is 5.09. The van der Waals surface area contributed by atoms with Crippen molar-refractivity contribution < 1.29 is 9.52 Å². The molecule has 0 aliphatic carbocycles. The summed E-state index contributed by atoms with van der Waals surface area (Å²) in [5.74, 6) is 0. The van der Waals surface area contributed by atoms with Crippen molar-refractivity contribution in [3.8, 4) is 0 Å². The van der Waals surface area contributed by atoms with Crippen molar-refractivity contribution in [2.24, 2.45) is 0 Å². The van der Waals surface area contributed by atoms with Crippen LogP contribution in [-0.4, -0.2) is 5.11 Å². The Labute approximate surface area is 47.7 Å². The molecule has 0 saturated heterocycles. The third-order valence-corrected chi connectivity index (χ3v) is 0.928.